The highest BCUT2D eigenvalue weighted by atomic mass is 16.7. The molecule has 0 bridgehead atoms. The first-order chi connectivity index (χ1) is 21.6. The summed E-state index contributed by atoms with van der Waals surface area (Å²) in [5, 5.41) is 0. The van der Waals surface area contributed by atoms with Crippen molar-refractivity contribution < 1.29 is 57.0 Å². The lowest BCUT2D eigenvalue weighted by Crippen LogP contribution is -2.41. The van der Waals surface area contributed by atoms with Gasteiger partial charge in [0.25, 0.3) is 0 Å². The third-order valence-electron chi connectivity index (χ3n) is 10.5. The number of esters is 3. The average Bonchev–Trinajstić information content (AvgIpc) is 3.91. The average molecular weight is 639 g/mol. The molecule has 0 aromatic rings. The molecule has 3 saturated carbocycles. The fourth-order valence-corrected chi connectivity index (χ4v) is 7.05. The van der Waals surface area contributed by atoms with Crippen molar-refractivity contribution in [3.63, 3.8) is 0 Å². The van der Waals surface area contributed by atoms with Gasteiger partial charge in [-0.15, -0.1) is 0 Å². The maximum Gasteiger partial charge on any atom is 0.311 e. The molecule has 0 radical (unpaired) electrons. The zero-order valence-corrected chi connectivity index (χ0v) is 27.0. The van der Waals surface area contributed by atoms with Gasteiger partial charge in [-0.05, 0) is 85.0 Å². The maximum absolute atomic E-state index is 12.8. The van der Waals surface area contributed by atoms with E-state index >= 15 is 0 Å². The molecule has 45 heavy (non-hydrogen) atoms. The minimum absolute atomic E-state index is 0.143. The quantitative estimate of drug-likeness (QED) is 0.105. The Labute approximate surface area is 265 Å². The summed E-state index contributed by atoms with van der Waals surface area (Å²) in [7, 11) is 0. The van der Waals surface area contributed by atoms with Crippen LogP contribution in [-0.4, -0.2) is 93.2 Å². The second-order valence-electron chi connectivity index (χ2n) is 14.0. The Hall–Kier alpha value is -1.83. The van der Waals surface area contributed by atoms with Gasteiger partial charge in [0.1, 0.15) is 0 Å². The number of rotatable bonds is 16. The standard InChI is InChI=1S/C33H50O12/c1-5-33(15-37-18(2)40-30(34)21-6-9-24-27(12-21)43-24,16-38-19(3)41-31(35)22-7-10-25-28(13-22)44-25)17-39-20(4)42-32(36)23-8-11-26-29(14-23)45-26/h18-29H,5-17H2,1-4H3. The van der Waals surface area contributed by atoms with E-state index in [0.717, 1.165) is 38.5 Å². The lowest BCUT2D eigenvalue weighted by molar-refractivity contribution is -0.216. The molecule has 0 spiro atoms. The molecule has 3 aliphatic heterocycles. The fraction of sp³-hybridized carbons (Fsp3) is 0.909. The molecule has 0 aromatic carbocycles. The van der Waals surface area contributed by atoms with Crippen LogP contribution in [0, 0.1) is 23.2 Å². The van der Waals surface area contributed by atoms with Crippen molar-refractivity contribution in [2.75, 3.05) is 19.8 Å². The van der Waals surface area contributed by atoms with E-state index in [0.29, 0.717) is 44.0 Å². The Balaban J connectivity index is 1.00. The zero-order valence-electron chi connectivity index (χ0n) is 27.0. The Morgan fingerprint density at radius 1 is 0.556 bits per heavy atom. The molecule has 6 rings (SSSR count). The minimum atomic E-state index is -0.786. The molecule has 0 amide bonds. The topological polar surface area (TPSA) is 144 Å². The number of hydrogen-bond acceptors (Lipinski definition) is 12. The second-order valence-corrected chi connectivity index (χ2v) is 14.0. The normalized spacial score (nSPS) is 37.7. The summed E-state index contributed by atoms with van der Waals surface area (Å²) in [6.07, 6.45) is 6.63. The Bertz CT molecular complexity index is 940. The van der Waals surface area contributed by atoms with Crippen LogP contribution in [0.2, 0.25) is 0 Å². The molecular weight excluding hydrogens is 588 g/mol. The first-order valence-corrected chi connectivity index (χ1v) is 17.0. The molecule has 12 nitrogen and oxygen atoms in total. The molecule has 12 atom stereocenters. The van der Waals surface area contributed by atoms with E-state index in [-0.39, 0.29) is 73.8 Å². The molecule has 6 fully saturated rings. The van der Waals surface area contributed by atoms with Crippen molar-refractivity contribution >= 4 is 17.9 Å². The third kappa shape index (κ3) is 8.75. The van der Waals surface area contributed by atoms with E-state index in [1.54, 1.807) is 20.8 Å². The van der Waals surface area contributed by atoms with E-state index in [1.165, 1.54) is 0 Å². The predicted octanol–water partition coefficient (Wildman–Crippen LogP) is 3.80. The highest BCUT2D eigenvalue weighted by molar-refractivity contribution is 5.73. The first kappa shape index (κ1) is 33.1. The van der Waals surface area contributed by atoms with Crippen LogP contribution in [0.25, 0.3) is 0 Å². The van der Waals surface area contributed by atoms with Gasteiger partial charge in [0.15, 0.2) is 18.9 Å². The monoisotopic (exact) mass is 638 g/mol. The van der Waals surface area contributed by atoms with E-state index in [4.69, 9.17) is 42.6 Å². The number of carbonyl (C=O) groups is 3. The molecule has 0 N–H and O–H groups in total. The number of carbonyl (C=O) groups excluding carboxylic acids is 3. The summed E-state index contributed by atoms with van der Waals surface area (Å²) in [5.41, 5.74) is -0.707. The molecule has 0 aromatic heterocycles. The Morgan fingerprint density at radius 2 is 0.867 bits per heavy atom. The van der Waals surface area contributed by atoms with Gasteiger partial charge in [0, 0.05) is 5.41 Å². The molecule has 254 valence electrons. The number of ether oxygens (including phenoxy) is 9. The van der Waals surface area contributed by atoms with Gasteiger partial charge < -0.3 is 42.6 Å². The molecule has 12 heteroatoms. The molecule has 12 unspecified atom stereocenters. The summed E-state index contributed by atoms with van der Waals surface area (Å²) in [4.78, 5) is 38.4. The van der Waals surface area contributed by atoms with Crippen molar-refractivity contribution in [2.45, 2.75) is 147 Å². The summed E-state index contributed by atoms with van der Waals surface area (Å²) in [6.45, 7) is 7.51. The van der Waals surface area contributed by atoms with E-state index < -0.39 is 24.3 Å². The van der Waals surface area contributed by atoms with Crippen LogP contribution >= 0.6 is 0 Å². The van der Waals surface area contributed by atoms with Gasteiger partial charge in [0.05, 0.1) is 74.2 Å². The van der Waals surface area contributed by atoms with Crippen molar-refractivity contribution in [1.29, 1.82) is 0 Å². The number of fused-ring (bicyclic) bond motifs is 3. The zero-order chi connectivity index (χ0) is 31.7. The summed E-state index contributed by atoms with van der Waals surface area (Å²) < 4.78 is 51.8. The number of epoxide rings is 3. The third-order valence-corrected chi connectivity index (χ3v) is 10.5. The van der Waals surface area contributed by atoms with E-state index in [1.807, 2.05) is 6.92 Å². The largest absolute Gasteiger partial charge is 0.436 e. The van der Waals surface area contributed by atoms with Gasteiger partial charge in [-0.25, -0.2) is 0 Å². The molecule has 3 aliphatic carbocycles. The number of hydrogen-bond donors (Lipinski definition) is 0. The maximum atomic E-state index is 12.8. The van der Waals surface area contributed by atoms with Gasteiger partial charge in [-0.2, -0.15) is 0 Å². The summed E-state index contributed by atoms with van der Waals surface area (Å²) in [5.74, 6) is -1.38. The summed E-state index contributed by atoms with van der Waals surface area (Å²) >= 11 is 0. The van der Waals surface area contributed by atoms with Crippen LogP contribution in [0.1, 0.15) is 91.9 Å². The highest BCUT2D eigenvalue weighted by Crippen LogP contribution is 2.42. The Morgan fingerprint density at radius 3 is 1.13 bits per heavy atom. The second kappa shape index (κ2) is 14.1. The van der Waals surface area contributed by atoms with Crippen molar-refractivity contribution in [3.05, 3.63) is 0 Å². The van der Waals surface area contributed by atoms with Crippen LogP contribution < -0.4 is 0 Å². The molecule has 3 heterocycles. The Kier molecular flexibility index (Phi) is 10.4. The van der Waals surface area contributed by atoms with Gasteiger partial charge in [-0.1, -0.05) is 6.92 Å². The first-order valence-electron chi connectivity index (χ1n) is 17.0. The molecule has 6 aliphatic rings. The van der Waals surface area contributed by atoms with E-state index in [2.05, 4.69) is 0 Å². The SMILES string of the molecule is CCC(COC(C)OC(=O)C1CCC2OC2C1)(COC(C)OC(=O)C1CCC2OC2C1)COC(C)OC(=O)C1CCC2OC2C1. The van der Waals surface area contributed by atoms with Crippen LogP contribution in [0.5, 0.6) is 0 Å². The van der Waals surface area contributed by atoms with Gasteiger partial charge in [0.2, 0.25) is 0 Å². The summed E-state index contributed by atoms with van der Waals surface area (Å²) in [6, 6.07) is 0. The van der Waals surface area contributed by atoms with Crippen LogP contribution in [0.3, 0.4) is 0 Å². The van der Waals surface area contributed by atoms with E-state index in [9.17, 15) is 14.4 Å². The van der Waals surface area contributed by atoms with Gasteiger partial charge >= 0.3 is 17.9 Å². The van der Waals surface area contributed by atoms with Crippen molar-refractivity contribution in [1.82, 2.24) is 0 Å². The van der Waals surface area contributed by atoms with Crippen molar-refractivity contribution in [3.8, 4) is 0 Å². The van der Waals surface area contributed by atoms with Crippen LogP contribution in [0.15, 0.2) is 0 Å². The van der Waals surface area contributed by atoms with Crippen LogP contribution in [-0.2, 0) is 57.0 Å². The smallest absolute Gasteiger partial charge is 0.311 e. The fourth-order valence-electron chi connectivity index (χ4n) is 7.05. The molecular formula is C33H50O12. The lowest BCUT2D eigenvalue weighted by Gasteiger charge is -2.35. The van der Waals surface area contributed by atoms with Crippen LogP contribution in [0.4, 0.5) is 0 Å². The highest BCUT2D eigenvalue weighted by Gasteiger charge is 2.48. The lowest BCUT2D eigenvalue weighted by atomic mass is 9.88. The predicted molar refractivity (Wildman–Crippen MR) is 155 cm³/mol. The molecule has 3 saturated heterocycles. The van der Waals surface area contributed by atoms with Gasteiger partial charge in [-0.3, -0.25) is 14.4 Å². The minimum Gasteiger partial charge on any atom is -0.436 e. The van der Waals surface area contributed by atoms with Crippen molar-refractivity contribution in [2.24, 2.45) is 23.2 Å².